The molecule has 1 aromatic rings. The lowest BCUT2D eigenvalue weighted by molar-refractivity contribution is -0.385. The molecule has 0 aliphatic carbocycles. The number of nitro benzene ring substituents is 1. The summed E-state index contributed by atoms with van der Waals surface area (Å²) in [5.41, 5.74) is 0.361. The van der Waals surface area contributed by atoms with Gasteiger partial charge in [0, 0.05) is 43.4 Å². The number of nitro groups is 1. The van der Waals surface area contributed by atoms with Crippen molar-refractivity contribution >= 4 is 49.1 Å². The lowest BCUT2D eigenvalue weighted by atomic mass is 10.0. The molecule has 0 spiro atoms. The number of anilines is 1. The highest BCUT2D eigenvalue weighted by atomic mass is 79.9. The molecule has 0 aliphatic rings. The molecule has 10 heteroatoms. The van der Waals surface area contributed by atoms with Gasteiger partial charge in [-0.25, -0.2) is 0 Å². The molecule has 0 radical (unpaired) electrons. The highest BCUT2D eigenvalue weighted by Crippen LogP contribution is 2.30. The first kappa shape index (κ1) is 24.3. The normalized spacial score (nSPS) is 10.6. The van der Waals surface area contributed by atoms with E-state index >= 15 is 0 Å². The zero-order chi connectivity index (χ0) is 21.3. The smallest absolute Gasteiger partial charge is 0.283 e. The average molecular weight is 519 g/mol. The van der Waals surface area contributed by atoms with Gasteiger partial charge < -0.3 is 14.7 Å². The third-order valence-corrected chi connectivity index (χ3v) is 4.87. The molecule has 0 fully saturated rings. The van der Waals surface area contributed by atoms with Crippen LogP contribution in [0, 0.1) is 21.4 Å². The Labute approximate surface area is 182 Å². The molecule has 0 atom stereocenters. The van der Waals surface area contributed by atoms with Gasteiger partial charge in [0.25, 0.3) is 11.6 Å². The van der Waals surface area contributed by atoms with E-state index in [0.29, 0.717) is 36.0 Å². The highest BCUT2D eigenvalue weighted by Gasteiger charge is 2.27. The Hall–Kier alpha value is -1.70. The average Bonchev–Trinajstić information content (AvgIpc) is 2.65. The number of alkyl halides is 2. The van der Waals surface area contributed by atoms with E-state index < -0.39 is 10.8 Å². The highest BCUT2D eigenvalue weighted by molar-refractivity contribution is 9.09. The van der Waals surface area contributed by atoms with Crippen molar-refractivity contribution < 1.29 is 9.72 Å². The summed E-state index contributed by atoms with van der Waals surface area (Å²) in [7, 11) is 5.53. The summed E-state index contributed by atoms with van der Waals surface area (Å²) in [6, 6.07) is 4.70. The lowest BCUT2D eigenvalue weighted by Crippen LogP contribution is -2.31. The van der Waals surface area contributed by atoms with Gasteiger partial charge in [-0.3, -0.25) is 14.9 Å². The molecule has 1 amide bonds. The van der Waals surface area contributed by atoms with Crippen LogP contribution in [0.3, 0.4) is 0 Å². The number of halogens is 2. The van der Waals surface area contributed by atoms with Gasteiger partial charge in [0.05, 0.1) is 16.2 Å². The number of carbonyl (C=O) groups is 1. The number of hydrogen-bond donors (Lipinski definition) is 0. The van der Waals surface area contributed by atoms with Gasteiger partial charge in [0.1, 0.15) is 11.6 Å². The molecule has 28 heavy (non-hydrogen) atoms. The van der Waals surface area contributed by atoms with Gasteiger partial charge in [0.2, 0.25) is 0 Å². The van der Waals surface area contributed by atoms with Crippen molar-refractivity contribution in [3.8, 4) is 6.07 Å². The van der Waals surface area contributed by atoms with Crippen LogP contribution >= 0.6 is 31.9 Å². The largest absolute Gasteiger partial charge is 0.369 e. The fourth-order valence-corrected chi connectivity index (χ4v) is 3.59. The van der Waals surface area contributed by atoms with E-state index in [-0.39, 0.29) is 16.8 Å². The van der Waals surface area contributed by atoms with Crippen LogP contribution in [0.4, 0.5) is 11.4 Å². The Kier molecular flexibility index (Phi) is 10.4. The zero-order valence-corrected chi connectivity index (χ0v) is 19.5. The summed E-state index contributed by atoms with van der Waals surface area (Å²) >= 11 is 6.77. The minimum absolute atomic E-state index is 0.000461. The summed E-state index contributed by atoms with van der Waals surface area (Å²) in [5.74, 6) is -0.422. The Morgan fingerprint density at radius 1 is 1.14 bits per heavy atom. The predicted molar refractivity (Wildman–Crippen MR) is 118 cm³/mol. The first-order valence-corrected chi connectivity index (χ1v) is 11.0. The molecule has 1 aromatic carbocycles. The van der Waals surface area contributed by atoms with Crippen LogP contribution in [-0.2, 0) is 0 Å². The van der Waals surface area contributed by atoms with E-state index in [9.17, 15) is 20.2 Å². The maximum Gasteiger partial charge on any atom is 0.283 e. The summed E-state index contributed by atoms with van der Waals surface area (Å²) in [5, 5.41) is 22.4. The Morgan fingerprint density at radius 2 is 1.75 bits per heavy atom. The van der Waals surface area contributed by atoms with Gasteiger partial charge >= 0.3 is 0 Å². The van der Waals surface area contributed by atoms with Gasteiger partial charge in [-0.1, -0.05) is 31.9 Å². The van der Waals surface area contributed by atoms with Crippen LogP contribution in [0.15, 0.2) is 12.1 Å². The predicted octanol–water partition coefficient (Wildman–Crippen LogP) is 3.09. The molecule has 0 saturated heterocycles. The molecule has 1 rings (SSSR count). The Balaban J connectivity index is 3.34. The van der Waals surface area contributed by atoms with Gasteiger partial charge in [-0.15, -0.1) is 0 Å². The molecule has 154 valence electrons. The second-order valence-electron chi connectivity index (χ2n) is 6.50. The molecule has 8 nitrogen and oxygen atoms in total. The third-order valence-electron chi connectivity index (χ3n) is 4.16. The zero-order valence-electron chi connectivity index (χ0n) is 16.3. The maximum atomic E-state index is 12.9. The number of amides is 1. The SMILES string of the molecule is CN(C)CCCN(C)C(=O)c1cc(N(CCBr)CCBr)c(C#N)cc1[N+](=O)[O-]. The topological polar surface area (TPSA) is 93.7 Å². The first-order valence-electron chi connectivity index (χ1n) is 8.76. The molecule has 0 bridgehead atoms. The maximum absolute atomic E-state index is 12.9. The molecular formula is C18H25Br2N5O3. The van der Waals surface area contributed by atoms with E-state index in [2.05, 4.69) is 31.9 Å². The van der Waals surface area contributed by atoms with Crippen molar-refractivity contribution in [2.45, 2.75) is 6.42 Å². The lowest BCUT2D eigenvalue weighted by Gasteiger charge is -2.25. The minimum Gasteiger partial charge on any atom is -0.369 e. The summed E-state index contributed by atoms with van der Waals surface area (Å²) in [6.45, 7) is 2.49. The van der Waals surface area contributed by atoms with Crippen LogP contribution < -0.4 is 4.90 Å². The number of hydrogen-bond acceptors (Lipinski definition) is 6. The van der Waals surface area contributed by atoms with Gasteiger partial charge in [0.15, 0.2) is 0 Å². The van der Waals surface area contributed by atoms with Crippen molar-refractivity contribution in [2.75, 3.05) is 62.9 Å². The Morgan fingerprint density at radius 3 is 2.21 bits per heavy atom. The third kappa shape index (κ3) is 6.72. The molecule has 0 heterocycles. The Bertz CT molecular complexity index is 731. The first-order chi connectivity index (χ1) is 13.3. The molecular weight excluding hydrogens is 494 g/mol. The number of nitriles is 1. The molecule has 0 N–H and O–H groups in total. The van der Waals surface area contributed by atoms with E-state index in [0.717, 1.165) is 13.0 Å². The number of benzene rings is 1. The summed E-state index contributed by atoms with van der Waals surface area (Å²) < 4.78 is 0. The van der Waals surface area contributed by atoms with Crippen LogP contribution in [-0.4, -0.2) is 78.6 Å². The molecule has 0 aliphatic heterocycles. The van der Waals surface area contributed by atoms with Gasteiger partial charge in [-0.2, -0.15) is 5.26 Å². The number of rotatable bonds is 11. The monoisotopic (exact) mass is 517 g/mol. The number of carbonyl (C=O) groups excluding carboxylic acids is 1. The molecule has 0 saturated carbocycles. The van der Waals surface area contributed by atoms with Crippen LogP contribution in [0.5, 0.6) is 0 Å². The quantitative estimate of drug-likeness (QED) is 0.254. The van der Waals surface area contributed by atoms with Crippen molar-refractivity contribution in [3.63, 3.8) is 0 Å². The van der Waals surface area contributed by atoms with Crippen LogP contribution in [0.25, 0.3) is 0 Å². The van der Waals surface area contributed by atoms with Crippen molar-refractivity contribution in [2.24, 2.45) is 0 Å². The summed E-state index contributed by atoms with van der Waals surface area (Å²) in [6.07, 6.45) is 0.755. The van der Waals surface area contributed by atoms with Gasteiger partial charge in [-0.05, 0) is 33.1 Å². The fourth-order valence-electron chi connectivity index (χ4n) is 2.74. The number of nitrogens with zero attached hydrogens (tertiary/aromatic N) is 5. The van der Waals surface area contributed by atoms with Crippen LogP contribution in [0.2, 0.25) is 0 Å². The standard InChI is InChI=1S/C18H25Br2N5O3/c1-22(2)7-4-8-23(3)18(26)15-12-16(24(9-5-19)10-6-20)14(13-21)11-17(15)25(27)28/h11-12H,4-10H2,1-3H3. The van der Waals surface area contributed by atoms with E-state index in [1.807, 2.05) is 30.0 Å². The van der Waals surface area contributed by atoms with E-state index in [1.165, 1.54) is 17.0 Å². The minimum atomic E-state index is -0.606. The van der Waals surface area contributed by atoms with E-state index in [1.54, 1.807) is 7.05 Å². The van der Waals surface area contributed by atoms with Crippen molar-refractivity contribution in [3.05, 3.63) is 33.4 Å². The second kappa shape index (κ2) is 12.0. The van der Waals surface area contributed by atoms with Crippen molar-refractivity contribution in [1.82, 2.24) is 9.80 Å². The fraction of sp³-hybridized carbons (Fsp3) is 0.556. The molecule has 0 aromatic heterocycles. The van der Waals surface area contributed by atoms with E-state index in [4.69, 9.17) is 0 Å². The second-order valence-corrected chi connectivity index (χ2v) is 8.09. The summed E-state index contributed by atoms with van der Waals surface area (Å²) in [4.78, 5) is 29.3. The van der Waals surface area contributed by atoms with Crippen molar-refractivity contribution in [1.29, 1.82) is 5.26 Å². The van der Waals surface area contributed by atoms with Crippen LogP contribution in [0.1, 0.15) is 22.3 Å². The molecule has 0 unspecified atom stereocenters.